The summed E-state index contributed by atoms with van der Waals surface area (Å²) in [4.78, 5) is 0.532. The molecule has 0 heterocycles. The Morgan fingerprint density at radius 1 is 0.594 bits per heavy atom. The van der Waals surface area contributed by atoms with Gasteiger partial charge in [0.05, 0.1) is 12.2 Å². The minimum atomic E-state index is -7.96. The molecule has 194 valence electrons. The summed E-state index contributed by atoms with van der Waals surface area (Å²) in [7, 11) is 0. The van der Waals surface area contributed by atoms with Gasteiger partial charge in [-0.3, -0.25) is 4.90 Å². The van der Waals surface area contributed by atoms with Crippen LogP contribution in [0.1, 0.15) is 6.42 Å². The summed E-state index contributed by atoms with van der Waals surface area (Å²) in [5.74, 6) is -38.4. The minimum absolute atomic E-state index is 0.532. The Balaban J connectivity index is 5.90. The summed E-state index contributed by atoms with van der Waals surface area (Å²) in [6.07, 6.45) is -13.0. The molecule has 0 spiro atoms. The van der Waals surface area contributed by atoms with E-state index in [4.69, 9.17) is 23.2 Å². The molecular weight excluding hydrogens is 532 g/mol. The molecule has 2 N–H and O–H groups in total. The number of nitrogens with zero attached hydrogens (tertiary/aromatic N) is 1. The van der Waals surface area contributed by atoms with Gasteiger partial charge in [0.25, 0.3) is 0 Å². The highest BCUT2D eigenvalue weighted by Gasteiger charge is 2.90. The van der Waals surface area contributed by atoms with Crippen molar-refractivity contribution in [1.29, 1.82) is 0 Å². The van der Waals surface area contributed by atoms with E-state index < -0.39 is 85.8 Å². The largest absolute Gasteiger partial charge is 0.460 e. The van der Waals surface area contributed by atoms with Gasteiger partial charge in [0.15, 0.2) is 0 Å². The van der Waals surface area contributed by atoms with Gasteiger partial charge in [-0.25, -0.2) is 0 Å². The zero-order valence-corrected chi connectivity index (χ0v) is 16.9. The molecule has 0 aromatic carbocycles. The lowest BCUT2D eigenvalue weighted by molar-refractivity contribution is -0.440. The van der Waals surface area contributed by atoms with Crippen molar-refractivity contribution in [2.45, 2.75) is 54.4 Å². The molecule has 0 amide bonds. The van der Waals surface area contributed by atoms with Crippen LogP contribution in [0, 0.1) is 0 Å². The highest BCUT2D eigenvalue weighted by molar-refractivity contribution is 6.18. The first kappa shape index (κ1) is 31.6. The monoisotopic (exact) mass is 547 g/mol. The zero-order valence-electron chi connectivity index (χ0n) is 15.4. The lowest BCUT2D eigenvalue weighted by Crippen LogP contribution is -2.70. The van der Waals surface area contributed by atoms with E-state index in [0.717, 1.165) is 0 Å². The summed E-state index contributed by atoms with van der Waals surface area (Å²) in [6.45, 7) is -2.92. The van der Waals surface area contributed by atoms with E-state index in [1.807, 2.05) is 0 Å². The molecule has 0 fully saturated rings. The molecule has 2 atom stereocenters. The first-order valence-corrected chi connectivity index (χ1v) is 9.26. The molecule has 0 radical (unpaired) electrons. The van der Waals surface area contributed by atoms with Crippen molar-refractivity contribution >= 4 is 23.2 Å². The molecule has 32 heavy (non-hydrogen) atoms. The van der Waals surface area contributed by atoms with Gasteiger partial charge in [-0.1, -0.05) is 0 Å². The summed E-state index contributed by atoms with van der Waals surface area (Å²) >= 11 is 10.5. The molecule has 0 aromatic rings. The molecule has 0 aliphatic carbocycles. The fourth-order valence-electron chi connectivity index (χ4n) is 2.21. The second kappa shape index (κ2) is 10.4. The molecule has 0 aliphatic heterocycles. The number of aliphatic hydroxyl groups is 2. The number of halogens is 15. The Kier molecular flexibility index (Phi) is 10.3. The van der Waals surface area contributed by atoms with Crippen LogP contribution in [0.3, 0.4) is 0 Å². The Hall–Kier alpha value is -0.450. The van der Waals surface area contributed by atoms with Gasteiger partial charge < -0.3 is 10.2 Å². The second-order valence-corrected chi connectivity index (χ2v) is 7.24. The van der Waals surface area contributed by atoms with Crippen molar-refractivity contribution in [2.75, 3.05) is 31.4 Å². The first-order valence-electron chi connectivity index (χ1n) is 8.19. The van der Waals surface area contributed by atoms with Crippen LogP contribution < -0.4 is 0 Å². The van der Waals surface area contributed by atoms with Crippen molar-refractivity contribution < 1.29 is 67.3 Å². The predicted octanol–water partition coefficient (Wildman–Crippen LogP) is 4.62. The number of hydrogen-bond donors (Lipinski definition) is 2. The highest BCUT2D eigenvalue weighted by atomic mass is 35.5. The molecule has 0 saturated heterocycles. The number of hydrogen-bond acceptors (Lipinski definition) is 3. The van der Waals surface area contributed by atoms with Crippen molar-refractivity contribution in [3.63, 3.8) is 0 Å². The topological polar surface area (TPSA) is 43.7 Å². The van der Waals surface area contributed by atoms with E-state index >= 15 is 0 Å². The Bertz CT molecular complexity index is 592. The summed E-state index contributed by atoms with van der Waals surface area (Å²) in [5.41, 5.74) is 0. The fourth-order valence-corrected chi connectivity index (χ4v) is 2.40. The van der Waals surface area contributed by atoms with Crippen LogP contribution >= 0.6 is 23.2 Å². The van der Waals surface area contributed by atoms with E-state index in [1.54, 1.807) is 0 Å². The van der Waals surface area contributed by atoms with E-state index in [9.17, 15) is 67.3 Å². The van der Waals surface area contributed by atoms with Crippen LogP contribution in [0.25, 0.3) is 0 Å². The highest BCUT2D eigenvalue weighted by Crippen LogP contribution is 2.60. The first-order chi connectivity index (χ1) is 14.0. The smallest absolute Gasteiger partial charge is 0.391 e. The zero-order chi connectivity index (χ0) is 26.0. The van der Waals surface area contributed by atoms with Crippen LogP contribution in [-0.4, -0.2) is 94.5 Å². The number of rotatable bonds is 13. The maximum atomic E-state index is 13.8. The van der Waals surface area contributed by atoms with Crippen molar-refractivity contribution in [3.05, 3.63) is 0 Å². The van der Waals surface area contributed by atoms with Crippen LogP contribution in [-0.2, 0) is 0 Å². The standard InChI is InChI=1S/C14H16Cl2F13NO2/c15-3-7(31)5-30(6-8(32)4-16)2-1-9(17,18)10(19,20)11(21,22)12(23,24)13(25,26)14(27,28)29/h7-8,31-32H,1-6H2. The Labute approximate surface area is 182 Å². The molecule has 0 aliphatic rings. The Morgan fingerprint density at radius 3 is 1.25 bits per heavy atom. The normalized spacial score (nSPS) is 17.1. The average Bonchev–Trinajstić information content (AvgIpc) is 2.64. The molecule has 18 heteroatoms. The molecular formula is C14H16Cl2F13NO2. The van der Waals surface area contributed by atoms with E-state index in [1.165, 1.54) is 0 Å². The lowest BCUT2D eigenvalue weighted by Gasteiger charge is -2.40. The van der Waals surface area contributed by atoms with Gasteiger partial charge >= 0.3 is 35.8 Å². The summed E-state index contributed by atoms with van der Waals surface area (Å²) in [6, 6.07) is 0. The van der Waals surface area contributed by atoms with Gasteiger partial charge in [-0.2, -0.15) is 57.1 Å². The third kappa shape index (κ3) is 6.16. The third-order valence-corrected chi connectivity index (χ3v) is 4.75. The summed E-state index contributed by atoms with van der Waals surface area (Å²) in [5, 5.41) is 18.7. The van der Waals surface area contributed by atoms with E-state index in [-0.39, 0.29) is 0 Å². The third-order valence-electron chi connectivity index (χ3n) is 4.03. The van der Waals surface area contributed by atoms with Crippen LogP contribution in [0.2, 0.25) is 0 Å². The molecule has 3 nitrogen and oxygen atoms in total. The van der Waals surface area contributed by atoms with Crippen LogP contribution in [0.15, 0.2) is 0 Å². The number of aliphatic hydroxyl groups excluding tert-OH is 2. The van der Waals surface area contributed by atoms with Gasteiger partial charge in [0, 0.05) is 37.8 Å². The van der Waals surface area contributed by atoms with E-state index in [0.29, 0.717) is 4.90 Å². The number of alkyl halides is 15. The van der Waals surface area contributed by atoms with Crippen molar-refractivity contribution in [2.24, 2.45) is 0 Å². The van der Waals surface area contributed by atoms with Crippen LogP contribution in [0.5, 0.6) is 0 Å². The predicted molar refractivity (Wildman–Crippen MR) is 85.3 cm³/mol. The Morgan fingerprint density at radius 2 is 0.938 bits per heavy atom. The molecule has 0 rings (SSSR count). The van der Waals surface area contributed by atoms with Crippen LogP contribution in [0.4, 0.5) is 57.1 Å². The minimum Gasteiger partial charge on any atom is -0.391 e. The quantitative estimate of drug-likeness (QED) is 0.261. The summed E-state index contributed by atoms with van der Waals surface area (Å²) < 4.78 is 170. The van der Waals surface area contributed by atoms with Gasteiger partial charge in [0.1, 0.15) is 0 Å². The second-order valence-electron chi connectivity index (χ2n) is 6.63. The van der Waals surface area contributed by atoms with Gasteiger partial charge in [0.2, 0.25) is 0 Å². The SMILES string of the molecule is OC(CCl)CN(CCC(F)(F)C(F)(F)C(F)(F)C(F)(F)C(F)(F)C(F)(F)F)CC(O)CCl. The maximum Gasteiger partial charge on any atom is 0.460 e. The molecule has 2 unspecified atom stereocenters. The molecule has 0 bridgehead atoms. The molecule has 0 saturated carbocycles. The van der Waals surface area contributed by atoms with Crippen molar-refractivity contribution in [1.82, 2.24) is 4.90 Å². The van der Waals surface area contributed by atoms with Gasteiger partial charge in [-0.05, 0) is 0 Å². The fraction of sp³-hybridized carbons (Fsp3) is 1.00. The lowest BCUT2D eigenvalue weighted by atomic mass is 9.92. The van der Waals surface area contributed by atoms with E-state index in [2.05, 4.69) is 0 Å². The molecule has 0 aromatic heterocycles. The maximum absolute atomic E-state index is 13.8. The van der Waals surface area contributed by atoms with Crippen molar-refractivity contribution in [3.8, 4) is 0 Å². The average molecular weight is 548 g/mol. The van der Waals surface area contributed by atoms with Gasteiger partial charge in [-0.15, -0.1) is 23.2 Å².